The molecule has 0 radical (unpaired) electrons. The Kier molecular flexibility index (Phi) is 3.49. The first-order chi connectivity index (χ1) is 7.75. The van der Waals surface area contributed by atoms with E-state index in [0.717, 1.165) is 11.1 Å². The fourth-order valence-corrected chi connectivity index (χ4v) is 1.57. The summed E-state index contributed by atoms with van der Waals surface area (Å²) >= 11 is 0. The van der Waals surface area contributed by atoms with Crippen molar-refractivity contribution in [3.8, 4) is 0 Å². The summed E-state index contributed by atoms with van der Waals surface area (Å²) in [5.74, 6) is 0.0405. The van der Waals surface area contributed by atoms with Crippen molar-refractivity contribution >= 4 is 11.9 Å². The normalized spacial score (nSPS) is 17.1. The Hall–Kier alpha value is -1.45. The Morgan fingerprint density at radius 2 is 2.12 bits per heavy atom. The first-order valence-corrected chi connectivity index (χ1v) is 5.27. The molecule has 3 heteroatoms. The van der Waals surface area contributed by atoms with Gasteiger partial charge in [-0.15, -0.1) is 0 Å². The first-order valence-electron chi connectivity index (χ1n) is 5.27. The second-order valence-corrected chi connectivity index (χ2v) is 3.69. The molecular formula is C13H14O3. The van der Waals surface area contributed by atoms with Crippen LogP contribution in [0.25, 0.3) is 6.08 Å². The smallest absolute Gasteiger partial charge is 0.184 e. The van der Waals surface area contributed by atoms with E-state index < -0.39 is 0 Å². The average Bonchev–Trinajstić information content (AvgIpc) is 2.80. The molecule has 0 N–H and O–H groups in total. The molecule has 0 aliphatic carbocycles. The van der Waals surface area contributed by atoms with Gasteiger partial charge in [0, 0.05) is 5.56 Å². The number of benzene rings is 1. The van der Waals surface area contributed by atoms with Gasteiger partial charge in [0.05, 0.1) is 13.2 Å². The third-order valence-electron chi connectivity index (χ3n) is 2.32. The molecule has 1 saturated heterocycles. The van der Waals surface area contributed by atoms with Gasteiger partial charge in [-0.3, -0.25) is 4.79 Å². The number of allylic oxidation sites excluding steroid dienone is 1. The predicted octanol–water partition coefficient (Wildman–Crippen LogP) is 2.33. The largest absolute Gasteiger partial charge is 0.346 e. The van der Waals surface area contributed by atoms with Gasteiger partial charge in [0.15, 0.2) is 12.1 Å². The van der Waals surface area contributed by atoms with Crippen LogP contribution in [0.15, 0.2) is 30.3 Å². The number of carbonyl (C=O) groups excluding carboxylic acids is 1. The van der Waals surface area contributed by atoms with Crippen LogP contribution in [-0.4, -0.2) is 19.0 Å². The van der Waals surface area contributed by atoms with Gasteiger partial charge in [-0.05, 0) is 24.6 Å². The molecule has 0 aromatic heterocycles. The molecule has 84 valence electrons. The van der Waals surface area contributed by atoms with Crippen molar-refractivity contribution in [2.24, 2.45) is 0 Å². The summed E-state index contributed by atoms with van der Waals surface area (Å²) in [7, 11) is 0. The maximum atomic E-state index is 10.8. The summed E-state index contributed by atoms with van der Waals surface area (Å²) in [6, 6.07) is 7.80. The van der Waals surface area contributed by atoms with Crippen molar-refractivity contribution in [1.82, 2.24) is 0 Å². The van der Waals surface area contributed by atoms with Gasteiger partial charge in [-0.1, -0.05) is 24.3 Å². The van der Waals surface area contributed by atoms with E-state index in [1.165, 1.54) is 6.92 Å². The minimum absolute atomic E-state index is 0.0405. The molecule has 1 aromatic carbocycles. The number of ether oxygens (including phenoxy) is 2. The van der Waals surface area contributed by atoms with Crippen molar-refractivity contribution in [1.29, 1.82) is 0 Å². The summed E-state index contributed by atoms with van der Waals surface area (Å²) in [5, 5.41) is 0. The van der Waals surface area contributed by atoms with Crippen LogP contribution in [0.1, 0.15) is 24.3 Å². The minimum atomic E-state index is -0.259. The molecule has 0 amide bonds. The van der Waals surface area contributed by atoms with Gasteiger partial charge in [-0.2, -0.15) is 0 Å². The van der Waals surface area contributed by atoms with Crippen molar-refractivity contribution in [2.75, 3.05) is 13.2 Å². The van der Waals surface area contributed by atoms with E-state index in [4.69, 9.17) is 9.47 Å². The minimum Gasteiger partial charge on any atom is -0.346 e. The van der Waals surface area contributed by atoms with Crippen LogP contribution < -0.4 is 0 Å². The summed E-state index contributed by atoms with van der Waals surface area (Å²) in [6.07, 6.45) is 3.08. The molecule has 0 spiro atoms. The molecule has 1 aliphatic rings. The monoisotopic (exact) mass is 218 g/mol. The molecule has 1 fully saturated rings. The van der Waals surface area contributed by atoms with Gasteiger partial charge in [0.2, 0.25) is 0 Å². The molecule has 0 saturated carbocycles. The van der Waals surface area contributed by atoms with E-state index in [1.54, 1.807) is 12.2 Å². The lowest BCUT2D eigenvalue weighted by Gasteiger charge is -2.09. The second-order valence-electron chi connectivity index (χ2n) is 3.69. The van der Waals surface area contributed by atoms with Gasteiger partial charge in [0.1, 0.15) is 0 Å². The first kappa shape index (κ1) is 11.0. The van der Waals surface area contributed by atoms with Gasteiger partial charge < -0.3 is 9.47 Å². The van der Waals surface area contributed by atoms with Crippen LogP contribution in [0.4, 0.5) is 0 Å². The van der Waals surface area contributed by atoms with Crippen LogP contribution in [-0.2, 0) is 14.3 Å². The van der Waals surface area contributed by atoms with E-state index in [0.29, 0.717) is 13.2 Å². The molecule has 16 heavy (non-hydrogen) atoms. The topological polar surface area (TPSA) is 35.5 Å². The molecule has 3 nitrogen and oxygen atoms in total. The van der Waals surface area contributed by atoms with Gasteiger partial charge in [-0.25, -0.2) is 0 Å². The fourth-order valence-electron chi connectivity index (χ4n) is 1.57. The molecule has 0 bridgehead atoms. The van der Waals surface area contributed by atoms with Crippen LogP contribution in [0, 0.1) is 0 Å². The molecule has 1 heterocycles. The number of hydrogen-bond donors (Lipinski definition) is 0. The lowest BCUT2D eigenvalue weighted by molar-refractivity contribution is -0.112. The molecular weight excluding hydrogens is 204 g/mol. The van der Waals surface area contributed by atoms with E-state index in [9.17, 15) is 4.79 Å². The van der Waals surface area contributed by atoms with Crippen LogP contribution >= 0.6 is 0 Å². The Morgan fingerprint density at radius 3 is 2.81 bits per heavy atom. The molecule has 2 rings (SSSR count). The fraction of sp³-hybridized carbons (Fsp3) is 0.308. The maximum absolute atomic E-state index is 10.8. The number of hydrogen-bond acceptors (Lipinski definition) is 3. The van der Waals surface area contributed by atoms with Crippen LogP contribution in [0.3, 0.4) is 0 Å². The zero-order chi connectivity index (χ0) is 11.4. The van der Waals surface area contributed by atoms with Crippen LogP contribution in [0.2, 0.25) is 0 Å². The number of carbonyl (C=O) groups is 1. The highest BCUT2D eigenvalue weighted by atomic mass is 16.7. The maximum Gasteiger partial charge on any atom is 0.184 e. The summed E-state index contributed by atoms with van der Waals surface area (Å²) in [4.78, 5) is 10.8. The Morgan fingerprint density at radius 1 is 1.38 bits per heavy atom. The van der Waals surface area contributed by atoms with E-state index >= 15 is 0 Å². The van der Waals surface area contributed by atoms with Crippen molar-refractivity contribution in [3.63, 3.8) is 0 Å². The van der Waals surface area contributed by atoms with E-state index in [1.807, 2.05) is 24.3 Å². The number of ketones is 1. The molecule has 1 aromatic rings. The standard InChI is InChI=1S/C13H14O3/c1-10(14)5-6-11-3-2-4-12(9-11)13-15-7-8-16-13/h2-6,9,13H,7-8H2,1H3. The Bertz CT molecular complexity index is 403. The average molecular weight is 218 g/mol. The molecule has 0 atom stereocenters. The molecule has 0 unspecified atom stereocenters. The van der Waals surface area contributed by atoms with Crippen molar-refractivity contribution < 1.29 is 14.3 Å². The number of rotatable bonds is 3. The third-order valence-corrected chi connectivity index (χ3v) is 2.32. The highest BCUT2D eigenvalue weighted by molar-refractivity contribution is 5.91. The second kappa shape index (κ2) is 5.05. The van der Waals surface area contributed by atoms with E-state index in [2.05, 4.69) is 0 Å². The SMILES string of the molecule is CC(=O)C=Cc1cccc(C2OCCO2)c1. The third kappa shape index (κ3) is 2.78. The Labute approximate surface area is 94.7 Å². The Balaban J connectivity index is 2.15. The van der Waals surface area contributed by atoms with E-state index in [-0.39, 0.29) is 12.1 Å². The lowest BCUT2D eigenvalue weighted by Crippen LogP contribution is -1.97. The predicted molar refractivity (Wildman–Crippen MR) is 60.8 cm³/mol. The van der Waals surface area contributed by atoms with Gasteiger partial charge >= 0.3 is 0 Å². The highest BCUT2D eigenvalue weighted by Gasteiger charge is 2.17. The highest BCUT2D eigenvalue weighted by Crippen LogP contribution is 2.24. The lowest BCUT2D eigenvalue weighted by atomic mass is 10.1. The summed E-state index contributed by atoms with van der Waals surface area (Å²) in [5.41, 5.74) is 1.97. The summed E-state index contributed by atoms with van der Waals surface area (Å²) < 4.78 is 10.8. The molecule has 1 aliphatic heterocycles. The zero-order valence-corrected chi connectivity index (χ0v) is 9.18. The van der Waals surface area contributed by atoms with Crippen molar-refractivity contribution in [3.05, 3.63) is 41.5 Å². The van der Waals surface area contributed by atoms with Crippen LogP contribution in [0.5, 0.6) is 0 Å². The summed E-state index contributed by atoms with van der Waals surface area (Å²) in [6.45, 7) is 2.81. The van der Waals surface area contributed by atoms with Gasteiger partial charge in [0.25, 0.3) is 0 Å². The zero-order valence-electron chi connectivity index (χ0n) is 9.18. The van der Waals surface area contributed by atoms with Crippen molar-refractivity contribution in [2.45, 2.75) is 13.2 Å². The quantitative estimate of drug-likeness (QED) is 0.730.